The lowest BCUT2D eigenvalue weighted by molar-refractivity contribution is 0.245. The number of hydrogen-bond acceptors (Lipinski definition) is 4. The molecule has 0 radical (unpaired) electrons. The fourth-order valence-corrected chi connectivity index (χ4v) is 1.22. The minimum atomic E-state index is -0.394. The average molecular weight is 240 g/mol. The Morgan fingerprint density at radius 2 is 1.82 bits per heavy atom. The Balaban J connectivity index is 2.72. The number of aliphatic hydroxyl groups excluding tert-OH is 1. The number of aliphatic hydroxyl groups is 1. The average Bonchev–Trinajstić information content (AvgIpc) is 2.35. The third-order valence-corrected chi connectivity index (χ3v) is 2.01. The molecule has 2 amide bonds. The zero-order chi connectivity index (χ0) is 12.7. The lowest BCUT2D eigenvalue weighted by atomic mass is 10.3. The van der Waals surface area contributed by atoms with Crippen LogP contribution in [0.15, 0.2) is 18.2 Å². The van der Waals surface area contributed by atoms with Gasteiger partial charge in [0.15, 0.2) is 0 Å². The molecule has 0 atom stereocenters. The molecule has 6 nitrogen and oxygen atoms in total. The first kappa shape index (κ1) is 13.1. The highest BCUT2D eigenvalue weighted by molar-refractivity contribution is 5.89. The highest BCUT2D eigenvalue weighted by atomic mass is 16.5. The van der Waals surface area contributed by atoms with Crippen LogP contribution in [0.3, 0.4) is 0 Å². The molecule has 17 heavy (non-hydrogen) atoms. The van der Waals surface area contributed by atoms with E-state index in [1.54, 1.807) is 18.2 Å². The van der Waals surface area contributed by atoms with Gasteiger partial charge in [-0.15, -0.1) is 0 Å². The summed E-state index contributed by atoms with van der Waals surface area (Å²) in [5.74, 6) is 1.17. The minimum absolute atomic E-state index is 0.102. The van der Waals surface area contributed by atoms with Gasteiger partial charge in [0.05, 0.1) is 20.8 Å². The van der Waals surface area contributed by atoms with Crippen molar-refractivity contribution in [2.45, 2.75) is 0 Å². The molecule has 0 aliphatic rings. The van der Waals surface area contributed by atoms with Crippen LogP contribution in [-0.4, -0.2) is 38.5 Å². The van der Waals surface area contributed by atoms with Gasteiger partial charge >= 0.3 is 6.03 Å². The Morgan fingerprint density at radius 3 is 2.29 bits per heavy atom. The lowest BCUT2D eigenvalue weighted by Gasteiger charge is -2.10. The van der Waals surface area contributed by atoms with Crippen LogP contribution in [0.5, 0.6) is 11.5 Å². The molecule has 0 aromatic heterocycles. The zero-order valence-electron chi connectivity index (χ0n) is 9.82. The van der Waals surface area contributed by atoms with Gasteiger partial charge in [-0.2, -0.15) is 0 Å². The van der Waals surface area contributed by atoms with E-state index < -0.39 is 6.03 Å². The predicted octanol–water partition coefficient (Wildman–Crippen LogP) is 0.818. The van der Waals surface area contributed by atoms with Crippen LogP contribution in [0.4, 0.5) is 10.5 Å². The topological polar surface area (TPSA) is 79.8 Å². The predicted molar refractivity (Wildman–Crippen MR) is 63.7 cm³/mol. The summed E-state index contributed by atoms with van der Waals surface area (Å²) in [6.07, 6.45) is 0. The van der Waals surface area contributed by atoms with Gasteiger partial charge < -0.3 is 25.2 Å². The molecule has 0 aliphatic heterocycles. The van der Waals surface area contributed by atoms with Gasteiger partial charge in [-0.1, -0.05) is 0 Å². The first-order valence-electron chi connectivity index (χ1n) is 5.08. The van der Waals surface area contributed by atoms with E-state index in [0.29, 0.717) is 17.2 Å². The van der Waals surface area contributed by atoms with Crippen molar-refractivity contribution in [1.29, 1.82) is 0 Å². The van der Waals surface area contributed by atoms with Crippen LogP contribution >= 0.6 is 0 Å². The highest BCUT2D eigenvalue weighted by Crippen LogP contribution is 2.25. The molecule has 1 aromatic rings. The van der Waals surface area contributed by atoms with Crippen LogP contribution in [-0.2, 0) is 0 Å². The summed E-state index contributed by atoms with van der Waals surface area (Å²) in [6, 6.07) is 4.65. The number of nitrogens with one attached hydrogen (secondary N) is 2. The first-order valence-corrected chi connectivity index (χ1v) is 5.08. The minimum Gasteiger partial charge on any atom is -0.497 e. The van der Waals surface area contributed by atoms with E-state index in [9.17, 15) is 4.79 Å². The summed E-state index contributed by atoms with van der Waals surface area (Å²) in [5.41, 5.74) is 0.552. The summed E-state index contributed by atoms with van der Waals surface area (Å²) in [7, 11) is 3.06. The smallest absolute Gasteiger partial charge is 0.319 e. The van der Waals surface area contributed by atoms with Crippen molar-refractivity contribution in [3.63, 3.8) is 0 Å². The number of benzene rings is 1. The molecule has 3 N–H and O–H groups in total. The lowest BCUT2D eigenvalue weighted by Crippen LogP contribution is -2.30. The van der Waals surface area contributed by atoms with E-state index in [0.717, 1.165) is 0 Å². The van der Waals surface area contributed by atoms with Crippen molar-refractivity contribution >= 4 is 11.7 Å². The van der Waals surface area contributed by atoms with Crippen LogP contribution in [0.1, 0.15) is 0 Å². The number of rotatable bonds is 5. The molecule has 1 rings (SSSR count). The highest BCUT2D eigenvalue weighted by Gasteiger charge is 2.05. The molecule has 0 fully saturated rings. The Labute approximate surface area is 99.5 Å². The summed E-state index contributed by atoms with van der Waals surface area (Å²) >= 11 is 0. The van der Waals surface area contributed by atoms with Gasteiger partial charge in [-0.25, -0.2) is 4.79 Å². The van der Waals surface area contributed by atoms with Crippen LogP contribution in [0.25, 0.3) is 0 Å². The molecule has 0 bridgehead atoms. The van der Waals surface area contributed by atoms with Gasteiger partial charge in [0.25, 0.3) is 0 Å². The van der Waals surface area contributed by atoms with Gasteiger partial charge in [0.2, 0.25) is 0 Å². The van der Waals surface area contributed by atoms with Gasteiger partial charge in [-0.05, 0) is 0 Å². The second-order valence-corrected chi connectivity index (χ2v) is 3.21. The molecule has 0 heterocycles. The zero-order valence-corrected chi connectivity index (χ0v) is 9.82. The van der Waals surface area contributed by atoms with E-state index in [1.807, 2.05) is 0 Å². The number of methoxy groups -OCH3 is 2. The number of urea groups is 1. The van der Waals surface area contributed by atoms with Crippen molar-refractivity contribution in [3.8, 4) is 11.5 Å². The standard InChI is InChI=1S/C11H16N2O4/c1-16-9-5-8(6-10(7-9)17-2)13-11(15)12-3-4-14/h5-7,14H,3-4H2,1-2H3,(H2,12,13,15). The quantitative estimate of drug-likeness (QED) is 0.711. The molecule has 0 aliphatic carbocycles. The Kier molecular flexibility index (Phi) is 5.09. The normalized spacial score (nSPS) is 9.59. The summed E-state index contributed by atoms with van der Waals surface area (Å²) in [5, 5.41) is 13.6. The fraction of sp³-hybridized carbons (Fsp3) is 0.364. The fourth-order valence-electron chi connectivity index (χ4n) is 1.22. The summed E-state index contributed by atoms with van der Waals surface area (Å²) < 4.78 is 10.1. The molecule has 0 saturated heterocycles. The maximum Gasteiger partial charge on any atom is 0.319 e. The van der Waals surface area contributed by atoms with Crippen molar-refractivity contribution in [1.82, 2.24) is 5.32 Å². The third kappa shape index (κ3) is 4.20. The van der Waals surface area contributed by atoms with E-state index in [1.165, 1.54) is 14.2 Å². The third-order valence-electron chi connectivity index (χ3n) is 2.01. The van der Waals surface area contributed by atoms with Crippen LogP contribution < -0.4 is 20.1 Å². The SMILES string of the molecule is COc1cc(NC(=O)NCCO)cc(OC)c1. The van der Waals surface area contributed by atoms with Crippen molar-refractivity contribution in [2.24, 2.45) is 0 Å². The Bertz CT molecular complexity index is 359. The number of anilines is 1. The largest absolute Gasteiger partial charge is 0.497 e. The number of ether oxygens (including phenoxy) is 2. The molecular formula is C11H16N2O4. The molecule has 94 valence electrons. The molecule has 0 saturated carbocycles. The molecule has 0 unspecified atom stereocenters. The van der Waals surface area contributed by atoms with Crippen molar-refractivity contribution in [2.75, 3.05) is 32.7 Å². The van der Waals surface area contributed by atoms with E-state index in [4.69, 9.17) is 14.6 Å². The van der Waals surface area contributed by atoms with Gasteiger partial charge in [0.1, 0.15) is 11.5 Å². The van der Waals surface area contributed by atoms with Gasteiger partial charge in [0, 0.05) is 30.4 Å². The number of carbonyl (C=O) groups excluding carboxylic acids is 1. The first-order chi connectivity index (χ1) is 8.19. The monoisotopic (exact) mass is 240 g/mol. The second kappa shape index (κ2) is 6.59. The second-order valence-electron chi connectivity index (χ2n) is 3.21. The van der Waals surface area contributed by atoms with Crippen molar-refractivity contribution < 1.29 is 19.4 Å². The maximum atomic E-state index is 11.4. The van der Waals surface area contributed by atoms with E-state index >= 15 is 0 Å². The van der Waals surface area contributed by atoms with Crippen molar-refractivity contribution in [3.05, 3.63) is 18.2 Å². The summed E-state index contributed by atoms with van der Waals surface area (Å²) in [6.45, 7) is 0.0990. The van der Waals surface area contributed by atoms with Crippen LogP contribution in [0.2, 0.25) is 0 Å². The van der Waals surface area contributed by atoms with Gasteiger partial charge in [-0.3, -0.25) is 0 Å². The summed E-state index contributed by atoms with van der Waals surface area (Å²) in [4.78, 5) is 11.4. The number of amides is 2. The number of hydrogen-bond donors (Lipinski definition) is 3. The molecule has 0 spiro atoms. The van der Waals surface area contributed by atoms with Crippen LogP contribution in [0, 0.1) is 0 Å². The Morgan fingerprint density at radius 1 is 1.24 bits per heavy atom. The van der Waals surface area contributed by atoms with E-state index in [2.05, 4.69) is 10.6 Å². The maximum absolute atomic E-state index is 11.4. The molecule has 6 heteroatoms. The Hall–Kier alpha value is -1.95. The molecule has 1 aromatic carbocycles. The van der Waals surface area contributed by atoms with E-state index in [-0.39, 0.29) is 13.2 Å². The molecular weight excluding hydrogens is 224 g/mol. The number of carbonyl (C=O) groups is 1.